The van der Waals surface area contributed by atoms with Crippen LogP contribution in [-0.4, -0.2) is 82.1 Å². The fraction of sp³-hybridized carbons (Fsp3) is 0.750. The van der Waals surface area contributed by atoms with Gasteiger partial charge >= 0.3 is 23.5 Å². The molecule has 11 atom stereocenters. The molecule has 5 aliphatic rings. The van der Waals surface area contributed by atoms with Crippen molar-refractivity contribution < 1.29 is 48.0 Å². The van der Waals surface area contributed by atoms with E-state index in [1.165, 1.54) is 19.3 Å². The van der Waals surface area contributed by atoms with Gasteiger partial charge in [-0.25, -0.2) is 9.59 Å². The molecule has 55 heavy (non-hydrogen) atoms. The Bertz CT molecular complexity index is 1690. The van der Waals surface area contributed by atoms with Crippen LogP contribution in [0.15, 0.2) is 32.6 Å². The highest BCUT2D eigenvalue weighted by Gasteiger charge is 2.85. The number of carboxylic acids is 1. The molecule has 2 heterocycles. The van der Waals surface area contributed by atoms with Crippen molar-refractivity contribution >= 4 is 29.8 Å². The number of ether oxygens (including phenoxy) is 3. The first-order valence-electron chi connectivity index (χ1n) is 20.0. The highest BCUT2D eigenvalue weighted by atomic mass is 16.7. The zero-order chi connectivity index (χ0) is 39.8. The molecule has 15 nitrogen and oxygen atoms in total. The van der Waals surface area contributed by atoms with Crippen LogP contribution in [0.3, 0.4) is 0 Å². The highest BCUT2D eigenvalue weighted by Crippen LogP contribution is 2.78. The van der Waals surface area contributed by atoms with Crippen LogP contribution in [0.2, 0.25) is 0 Å². The van der Waals surface area contributed by atoms with Crippen LogP contribution in [0.25, 0.3) is 0 Å². The maximum Gasteiger partial charge on any atom is 0.335 e. The predicted octanol–water partition coefficient (Wildman–Crippen LogP) is 3.43. The Morgan fingerprint density at radius 3 is 2.35 bits per heavy atom. The van der Waals surface area contributed by atoms with Gasteiger partial charge in [-0.1, -0.05) is 26.7 Å². The summed E-state index contributed by atoms with van der Waals surface area (Å²) in [5.41, 5.74) is 8.65. The Hall–Kier alpha value is -3.98. The molecule has 1 spiro atoms. The molecule has 1 aromatic rings. The van der Waals surface area contributed by atoms with Gasteiger partial charge in [0.25, 0.3) is 0 Å². The van der Waals surface area contributed by atoms with Crippen LogP contribution >= 0.6 is 0 Å². The van der Waals surface area contributed by atoms with Gasteiger partial charge in [0.2, 0.25) is 5.91 Å². The summed E-state index contributed by atoms with van der Waals surface area (Å²) in [6.07, 6.45) is 8.71. The first-order valence-corrected chi connectivity index (χ1v) is 20.0. The van der Waals surface area contributed by atoms with Crippen molar-refractivity contribution in [2.45, 2.75) is 159 Å². The van der Waals surface area contributed by atoms with Crippen LogP contribution in [0.1, 0.15) is 129 Å². The molecule has 1 aliphatic heterocycles. The van der Waals surface area contributed by atoms with Crippen molar-refractivity contribution in [1.29, 1.82) is 0 Å². The number of nitrogens with zero attached hydrogens (tertiary/aromatic N) is 1. The monoisotopic (exact) mass is 770 g/mol. The van der Waals surface area contributed by atoms with E-state index in [0.717, 1.165) is 31.2 Å². The minimum atomic E-state index is -1.11. The van der Waals surface area contributed by atoms with E-state index in [1.54, 1.807) is 6.07 Å². The quantitative estimate of drug-likeness (QED) is 0.0532. The number of aliphatic imine (C=N–C) groups is 1. The van der Waals surface area contributed by atoms with Crippen LogP contribution < -0.4 is 22.4 Å². The first kappa shape index (κ1) is 40.7. The lowest BCUT2D eigenvalue weighted by Gasteiger charge is -2.64. The van der Waals surface area contributed by atoms with Crippen molar-refractivity contribution in [2.24, 2.45) is 39.1 Å². The van der Waals surface area contributed by atoms with E-state index >= 15 is 0 Å². The van der Waals surface area contributed by atoms with E-state index in [0.29, 0.717) is 51.4 Å². The molecular weight excluding hydrogens is 712 g/mol. The van der Waals surface area contributed by atoms with E-state index < -0.39 is 40.4 Å². The molecule has 0 bridgehead atoms. The molecule has 7 N–H and O–H groups in total. The van der Waals surface area contributed by atoms with E-state index in [2.05, 4.69) is 24.2 Å². The zero-order valence-corrected chi connectivity index (χ0v) is 32.3. The predicted molar refractivity (Wildman–Crippen MR) is 198 cm³/mol. The van der Waals surface area contributed by atoms with Gasteiger partial charge in [0, 0.05) is 50.1 Å². The lowest BCUT2D eigenvalue weighted by molar-refractivity contribution is -0.228. The molecule has 2 unspecified atom stereocenters. The number of guanidine groups is 1. The molecule has 4 saturated carbocycles. The second-order valence-corrected chi connectivity index (χ2v) is 17.1. The number of hydrogen-bond donors (Lipinski definition) is 5. The molecule has 1 aromatic heterocycles. The molecule has 0 aromatic carbocycles. The number of epoxide rings is 1. The number of aliphatic carboxylic acids is 1. The molecule has 4 aliphatic carbocycles. The Balaban J connectivity index is 0.975. The lowest BCUT2D eigenvalue weighted by Crippen LogP contribution is -2.65. The number of unbranched alkanes of at least 4 members (excludes halogenated alkanes) is 3. The van der Waals surface area contributed by atoms with Gasteiger partial charge in [-0.3, -0.25) is 19.4 Å². The normalized spacial score (nSPS) is 36.1. The largest absolute Gasteiger partial charge is 0.480 e. The summed E-state index contributed by atoms with van der Waals surface area (Å²) in [4.78, 5) is 64.7. The van der Waals surface area contributed by atoms with E-state index in [-0.39, 0.29) is 85.0 Å². The number of aliphatic hydroxyl groups is 1. The fourth-order valence-electron chi connectivity index (χ4n) is 11.4. The summed E-state index contributed by atoms with van der Waals surface area (Å²) in [6.45, 7) is 6.10. The number of nitrogens with two attached hydrogens (primary N) is 2. The first-order chi connectivity index (χ1) is 26.0. The van der Waals surface area contributed by atoms with Crippen LogP contribution in [0.5, 0.6) is 0 Å². The number of carboxylic acid groups (broad SMARTS) is 1. The maximum atomic E-state index is 12.9. The maximum absolute atomic E-state index is 12.9. The van der Waals surface area contributed by atoms with E-state index in [1.807, 2.05) is 0 Å². The summed E-state index contributed by atoms with van der Waals surface area (Å²) in [5, 5.41) is 24.3. The van der Waals surface area contributed by atoms with Gasteiger partial charge in [-0.15, -0.1) is 0 Å². The topological polar surface area (TPSA) is 246 Å². The zero-order valence-electron chi connectivity index (χ0n) is 32.3. The van der Waals surface area contributed by atoms with Crippen molar-refractivity contribution in [3.05, 3.63) is 34.4 Å². The van der Waals surface area contributed by atoms with Crippen LogP contribution in [0.4, 0.5) is 0 Å². The van der Waals surface area contributed by atoms with E-state index in [9.17, 15) is 34.2 Å². The Morgan fingerprint density at radius 2 is 1.67 bits per heavy atom. The Kier molecular flexibility index (Phi) is 11.7. The second kappa shape index (κ2) is 15.9. The fourth-order valence-corrected chi connectivity index (χ4v) is 11.4. The van der Waals surface area contributed by atoms with Gasteiger partial charge in [-0.05, 0) is 93.1 Å². The molecule has 0 radical (unpaired) electrons. The minimum Gasteiger partial charge on any atom is -0.480 e. The molecular formula is C40H58N4O11. The van der Waals surface area contributed by atoms with Gasteiger partial charge in [0.15, 0.2) is 5.96 Å². The number of rotatable bonds is 16. The summed E-state index contributed by atoms with van der Waals surface area (Å²) in [5.74, 6) is -2.06. The summed E-state index contributed by atoms with van der Waals surface area (Å²) >= 11 is 0. The second-order valence-electron chi connectivity index (χ2n) is 17.1. The average Bonchev–Trinajstić information content (AvgIpc) is 3.82. The molecule has 5 fully saturated rings. The van der Waals surface area contributed by atoms with Gasteiger partial charge in [0.1, 0.15) is 30.0 Å². The standard InChI is InChI=1S/C40H58N4O11/c1-23(45)53-33-32(24-12-13-30(47)52-22-24)38(3)18-15-26-27(40(38)34(33)55-40)16-19-39(51)21-25(14-17-37(26,39)2)54-31(48)11-7-5-4-6-10-29(46)44-28(35(49)50)9-8-20-43-36(41)42/h12-13,22,25-28,32-34,51H,4-11,14-21H2,1-3H3,(H,44,46)(H,49,50)(H4,41,42,43)/t25-,26-,27+,28?,32-,33+,34+,37+,38+,39-,40?/m0/s1. The van der Waals surface area contributed by atoms with Crippen LogP contribution in [-0.2, 0) is 33.4 Å². The number of nitrogens with one attached hydrogen (secondary N) is 1. The van der Waals surface area contributed by atoms with Crippen molar-refractivity contribution in [3.8, 4) is 0 Å². The van der Waals surface area contributed by atoms with Gasteiger partial charge in [0.05, 0.1) is 11.9 Å². The molecule has 6 rings (SSSR count). The number of esters is 2. The SMILES string of the molecule is CC(=O)O[C@H]1[C@H]2OC23[C@@H]2CC[C@]4(O)C[C@@H](OC(=O)CCCCCCC(=O)NC(CCCN=C(N)N)C(=O)O)CC[C@]4(C)[C@H]2CC[C@]3(C)[C@H]1c1ccc(=O)oc1. The smallest absolute Gasteiger partial charge is 0.335 e. The number of fused-ring (bicyclic) bond motifs is 3. The minimum absolute atomic E-state index is 0.0662. The summed E-state index contributed by atoms with van der Waals surface area (Å²) < 4.78 is 23.9. The average molecular weight is 771 g/mol. The highest BCUT2D eigenvalue weighted by molar-refractivity contribution is 5.83. The van der Waals surface area contributed by atoms with Crippen molar-refractivity contribution in [1.82, 2.24) is 5.32 Å². The van der Waals surface area contributed by atoms with Crippen molar-refractivity contribution in [2.75, 3.05) is 6.54 Å². The Morgan fingerprint density at radius 1 is 0.964 bits per heavy atom. The summed E-state index contributed by atoms with van der Waals surface area (Å²) in [6, 6.07) is 2.18. The lowest BCUT2D eigenvalue weighted by atomic mass is 9.42. The van der Waals surface area contributed by atoms with Crippen molar-refractivity contribution in [3.63, 3.8) is 0 Å². The third-order valence-electron chi connectivity index (χ3n) is 14.0. The number of hydrogen-bond acceptors (Lipinski definition) is 11. The number of carbonyl (C=O) groups excluding carboxylic acids is 3. The molecule has 15 heteroatoms. The molecule has 1 amide bonds. The van der Waals surface area contributed by atoms with Gasteiger partial charge < -0.3 is 45.6 Å². The van der Waals surface area contributed by atoms with Crippen LogP contribution in [0, 0.1) is 22.7 Å². The third-order valence-corrected chi connectivity index (χ3v) is 14.0. The molecule has 1 saturated heterocycles. The van der Waals surface area contributed by atoms with Gasteiger partial charge in [-0.2, -0.15) is 0 Å². The third kappa shape index (κ3) is 7.75. The Labute approximate surface area is 321 Å². The number of amides is 1. The summed E-state index contributed by atoms with van der Waals surface area (Å²) in [7, 11) is 0. The molecule has 304 valence electrons. The van der Waals surface area contributed by atoms with E-state index in [4.69, 9.17) is 30.1 Å². The number of carbonyl (C=O) groups is 4.